The first-order valence-corrected chi connectivity index (χ1v) is 6.78. The number of hydrogen-bond acceptors (Lipinski definition) is 0. The van der Waals surface area contributed by atoms with E-state index in [2.05, 4.69) is 54.3 Å². The molecule has 0 saturated heterocycles. The van der Waals surface area contributed by atoms with Crippen LogP contribution in [0, 0.1) is 11.8 Å². The molecule has 2 aromatic rings. The van der Waals surface area contributed by atoms with Gasteiger partial charge in [-0.1, -0.05) is 65.9 Å². The van der Waals surface area contributed by atoms with Crippen LogP contribution in [0.25, 0.3) is 5.57 Å². The monoisotopic (exact) mass is 244 g/mol. The Morgan fingerprint density at radius 3 is 2.00 bits per heavy atom. The van der Waals surface area contributed by atoms with Gasteiger partial charge in [-0.15, -0.1) is 0 Å². The smallest absolute Gasteiger partial charge is 0.0313 e. The highest BCUT2D eigenvalue weighted by molar-refractivity contribution is 5.82. The van der Waals surface area contributed by atoms with Crippen molar-refractivity contribution in [3.8, 4) is 11.8 Å². The Balaban J connectivity index is 1.97. The van der Waals surface area contributed by atoms with E-state index in [1.54, 1.807) is 0 Å². The molecular formula is C19H16. The summed E-state index contributed by atoms with van der Waals surface area (Å²) in [6.07, 6.45) is 3.71. The summed E-state index contributed by atoms with van der Waals surface area (Å²) in [7, 11) is 0. The first-order chi connectivity index (χ1) is 9.43. The van der Waals surface area contributed by atoms with Gasteiger partial charge < -0.3 is 0 Å². The van der Waals surface area contributed by atoms with Crippen molar-refractivity contribution in [3.63, 3.8) is 0 Å². The molecule has 0 bridgehead atoms. The van der Waals surface area contributed by atoms with E-state index in [4.69, 9.17) is 0 Å². The summed E-state index contributed by atoms with van der Waals surface area (Å²) in [6.45, 7) is 0. The normalized spacial score (nSPS) is 13.2. The third kappa shape index (κ3) is 2.77. The molecule has 0 radical (unpaired) electrons. The molecule has 0 aromatic heterocycles. The molecule has 0 unspecified atom stereocenters. The summed E-state index contributed by atoms with van der Waals surface area (Å²) >= 11 is 0. The third-order valence-corrected chi connectivity index (χ3v) is 3.48. The Bertz CT molecular complexity index is 631. The predicted molar refractivity (Wildman–Crippen MR) is 80.5 cm³/mol. The Morgan fingerprint density at radius 2 is 1.42 bits per heavy atom. The lowest BCUT2D eigenvalue weighted by Gasteiger charge is -2.19. The maximum atomic E-state index is 3.38. The minimum atomic E-state index is 1.08. The van der Waals surface area contributed by atoms with E-state index >= 15 is 0 Å². The average Bonchev–Trinajstić information content (AvgIpc) is 2.43. The van der Waals surface area contributed by atoms with Gasteiger partial charge in [0.1, 0.15) is 0 Å². The van der Waals surface area contributed by atoms with Crippen molar-refractivity contribution in [1.82, 2.24) is 0 Å². The van der Waals surface area contributed by atoms with Crippen LogP contribution >= 0.6 is 0 Å². The highest BCUT2D eigenvalue weighted by Crippen LogP contribution is 2.33. The molecule has 1 aliphatic carbocycles. The second-order valence-corrected chi connectivity index (χ2v) is 4.81. The Kier molecular flexibility index (Phi) is 3.47. The minimum absolute atomic E-state index is 1.08. The zero-order valence-electron chi connectivity index (χ0n) is 10.9. The van der Waals surface area contributed by atoms with Gasteiger partial charge >= 0.3 is 0 Å². The zero-order chi connectivity index (χ0) is 12.9. The molecule has 0 aliphatic heterocycles. The van der Waals surface area contributed by atoms with Gasteiger partial charge in [-0.3, -0.25) is 0 Å². The van der Waals surface area contributed by atoms with Gasteiger partial charge in [0.2, 0.25) is 0 Å². The molecule has 0 N–H and O–H groups in total. The van der Waals surface area contributed by atoms with Crippen molar-refractivity contribution < 1.29 is 0 Å². The summed E-state index contributed by atoms with van der Waals surface area (Å²) in [5.74, 6) is 6.67. The van der Waals surface area contributed by atoms with Crippen molar-refractivity contribution in [1.29, 1.82) is 0 Å². The number of hydrogen-bond donors (Lipinski definition) is 0. The molecule has 3 rings (SSSR count). The summed E-state index contributed by atoms with van der Waals surface area (Å²) in [4.78, 5) is 0. The van der Waals surface area contributed by atoms with E-state index in [-0.39, 0.29) is 0 Å². The van der Waals surface area contributed by atoms with Gasteiger partial charge in [-0.05, 0) is 37.0 Å². The standard InChI is InChI=1S/C19H16/c1-3-8-16(9-4-1)14-15-19(18-12-7-13-18)17-10-5-2-6-11-17/h1-6,8-11H,7,12-13H2. The molecule has 1 aliphatic rings. The van der Waals surface area contributed by atoms with E-state index in [1.165, 1.54) is 36.0 Å². The predicted octanol–water partition coefficient (Wildman–Crippen LogP) is 4.68. The number of allylic oxidation sites excluding steroid dienone is 2. The zero-order valence-corrected chi connectivity index (χ0v) is 10.9. The fourth-order valence-electron chi connectivity index (χ4n) is 2.23. The van der Waals surface area contributed by atoms with Gasteiger partial charge in [0.05, 0.1) is 0 Å². The number of rotatable bonds is 1. The Labute approximate surface area is 114 Å². The molecular weight excluding hydrogens is 228 g/mol. The fourth-order valence-corrected chi connectivity index (χ4v) is 2.23. The van der Waals surface area contributed by atoms with Crippen LogP contribution in [0.3, 0.4) is 0 Å². The van der Waals surface area contributed by atoms with E-state index in [0.717, 1.165) is 5.56 Å². The summed E-state index contributed by atoms with van der Waals surface area (Å²) in [5.41, 5.74) is 5.07. The van der Waals surface area contributed by atoms with Crippen molar-refractivity contribution in [3.05, 3.63) is 77.4 Å². The van der Waals surface area contributed by atoms with Crippen molar-refractivity contribution >= 4 is 5.57 Å². The molecule has 92 valence electrons. The SMILES string of the molecule is C(#Cc1ccccc1)C(=C1CCC1)c1ccccc1. The van der Waals surface area contributed by atoms with E-state index in [9.17, 15) is 0 Å². The highest BCUT2D eigenvalue weighted by atomic mass is 14.2. The Hall–Kier alpha value is -2.26. The molecule has 0 amide bonds. The van der Waals surface area contributed by atoms with Gasteiger partial charge in [0.15, 0.2) is 0 Å². The Morgan fingerprint density at radius 1 is 0.789 bits per heavy atom. The van der Waals surface area contributed by atoms with Crippen LogP contribution in [0.15, 0.2) is 66.2 Å². The summed E-state index contributed by atoms with van der Waals surface area (Å²) in [6, 6.07) is 20.7. The first kappa shape index (κ1) is 11.8. The molecule has 1 saturated carbocycles. The first-order valence-electron chi connectivity index (χ1n) is 6.78. The third-order valence-electron chi connectivity index (χ3n) is 3.48. The molecule has 2 aromatic carbocycles. The van der Waals surface area contributed by atoms with Crippen molar-refractivity contribution in [2.24, 2.45) is 0 Å². The van der Waals surface area contributed by atoms with Gasteiger partial charge in [-0.2, -0.15) is 0 Å². The molecule has 0 nitrogen and oxygen atoms in total. The fraction of sp³-hybridized carbons (Fsp3) is 0.158. The van der Waals surface area contributed by atoms with Crippen molar-refractivity contribution in [2.45, 2.75) is 19.3 Å². The average molecular weight is 244 g/mol. The quantitative estimate of drug-likeness (QED) is 0.639. The molecule has 19 heavy (non-hydrogen) atoms. The van der Waals surface area contributed by atoms with Crippen LogP contribution < -0.4 is 0 Å². The molecule has 0 atom stereocenters. The van der Waals surface area contributed by atoms with Gasteiger partial charge in [0, 0.05) is 11.1 Å². The van der Waals surface area contributed by atoms with Crippen LogP contribution in [-0.2, 0) is 0 Å². The van der Waals surface area contributed by atoms with Crippen LogP contribution in [0.5, 0.6) is 0 Å². The molecule has 0 heterocycles. The second-order valence-electron chi connectivity index (χ2n) is 4.81. The minimum Gasteiger partial charge on any atom is -0.0622 e. The number of benzene rings is 2. The molecule has 0 heteroatoms. The van der Waals surface area contributed by atoms with Crippen LogP contribution in [-0.4, -0.2) is 0 Å². The molecule has 0 spiro atoms. The molecule has 1 fully saturated rings. The van der Waals surface area contributed by atoms with E-state index in [1.807, 2.05) is 18.2 Å². The maximum absolute atomic E-state index is 3.38. The van der Waals surface area contributed by atoms with Gasteiger partial charge in [0.25, 0.3) is 0 Å². The highest BCUT2D eigenvalue weighted by Gasteiger charge is 2.14. The summed E-state index contributed by atoms with van der Waals surface area (Å²) < 4.78 is 0. The van der Waals surface area contributed by atoms with Crippen molar-refractivity contribution in [2.75, 3.05) is 0 Å². The summed E-state index contributed by atoms with van der Waals surface area (Å²) in [5, 5.41) is 0. The van der Waals surface area contributed by atoms with Gasteiger partial charge in [-0.25, -0.2) is 0 Å². The lowest BCUT2D eigenvalue weighted by Crippen LogP contribution is -2.00. The maximum Gasteiger partial charge on any atom is 0.0313 e. The van der Waals surface area contributed by atoms with Crippen LogP contribution in [0.4, 0.5) is 0 Å². The van der Waals surface area contributed by atoms with Crippen LogP contribution in [0.1, 0.15) is 30.4 Å². The second kappa shape index (κ2) is 5.59. The van der Waals surface area contributed by atoms with E-state index < -0.39 is 0 Å². The topological polar surface area (TPSA) is 0 Å². The lowest BCUT2D eigenvalue weighted by molar-refractivity contribution is 0.667. The largest absolute Gasteiger partial charge is 0.0622 e. The van der Waals surface area contributed by atoms with E-state index in [0.29, 0.717) is 0 Å². The lowest BCUT2D eigenvalue weighted by atomic mass is 9.85. The van der Waals surface area contributed by atoms with Crippen LogP contribution in [0.2, 0.25) is 0 Å².